The SMILES string of the molecule is CCOCC(C)Oc1nc(C(=O)O)cc2ccccc12. The van der Waals surface area contributed by atoms with Crippen LogP contribution in [0.4, 0.5) is 0 Å². The van der Waals surface area contributed by atoms with E-state index in [-0.39, 0.29) is 11.8 Å². The number of pyridine rings is 1. The van der Waals surface area contributed by atoms with Gasteiger partial charge in [0.1, 0.15) is 6.10 Å². The van der Waals surface area contributed by atoms with Gasteiger partial charge in [-0.2, -0.15) is 0 Å². The van der Waals surface area contributed by atoms with Crippen molar-refractivity contribution in [1.82, 2.24) is 4.98 Å². The van der Waals surface area contributed by atoms with Crippen LogP contribution in [0.1, 0.15) is 24.3 Å². The molecule has 0 saturated heterocycles. The summed E-state index contributed by atoms with van der Waals surface area (Å²) in [6.45, 7) is 4.81. The molecule has 2 rings (SSSR count). The normalized spacial score (nSPS) is 12.3. The van der Waals surface area contributed by atoms with Crippen molar-refractivity contribution >= 4 is 16.7 Å². The van der Waals surface area contributed by atoms with E-state index in [9.17, 15) is 4.79 Å². The molecule has 0 fully saturated rings. The van der Waals surface area contributed by atoms with E-state index in [1.54, 1.807) is 0 Å². The molecule has 106 valence electrons. The Labute approximate surface area is 117 Å². The Kier molecular flexibility index (Phi) is 4.53. The van der Waals surface area contributed by atoms with Crippen molar-refractivity contribution in [2.75, 3.05) is 13.2 Å². The summed E-state index contributed by atoms with van der Waals surface area (Å²) in [5, 5.41) is 10.7. The lowest BCUT2D eigenvalue weighted by Gasteiger charge is -2.15. The highest BCUT2D eigenvalue weighted by atomic mass is 16.5. The first-order chi connectivity index (χ1) is 9.61. The second-order valence-corrected chi connectivity index (χ2v) is 4.43. The third kappa shape index (κ3) is 3.24. The molecule has 2 aromatic rings. The van der Waals surface area contributed by atoms with Gasteiger partial charge >= 0.3 is 5.97 Å². The van der Waals surface area contributed by atoms with Crippen molar-refractivity contribution in [1.29, 1.82) is 0 Å². The van der Waals surface area contributed by atoms with Crippen molar-refractivity contribution < 1.29 is 19.4 Å². The third-order valence-electron chi connectivity index (χ3n) is 2.79. The number of carboxylic acids is 1. The predicted octanol–water partition coefficient (Wildman–Crippen LogP) is 2.74. The molecule has 1 aromatic carbocycles. The summed E-state index contributed by atoms with van der Waals surface area (Å²) in [6, 6.07) is 8.95. The number of aromatic nitrogens is 1. The molecule has 1 heterocycles. The van der Waals surface area contributed by atoms with Gasteiger partial charge in [-0.05, 0) is 31.4 Å². The van der Waals surface area contributed by atoms with Gasteiger partial charge in [0.25, 0.3) is 0 Å². The predicted molar refractivity (Wildman–Crippen MR) is 75.3 cm³/mol. The fraction of sp³-hybridized carbons (Fsp3) is 0.333. The van der Waals surface area contributed by atoms with E-state index in [4.69, 9.17) is 14.6 Å². The second-order valence-electron chi connectivity index (χ2n) is 4.43. The molecule has 1 atom stereocenters. The number of nitrogens with zero attached hydrogens (tertiary/aromatic N) is 1. The average Bonchev–Trinajstić information content (AvgIpc) is 2.44. The van der Waals surface area contributed by atoms with E-state index in [1.165, 1.54) is 6.07 Å². The minimum Gasteiger partial charge on any atom is -0.477 e. The van der Waals surface area contributed by atoms with Gasteiger partial charge in [-0.3, -0.25) is 0 Å². The summed E-state index contributed by atoms with van der Waals surface area (Å²) in [5.41, 5.74) is -0.0256. The van der Waals surface area contributed by atoms with Crippen molar-refractivity contribution in [3.05, 3.63) is 36.0 Å². The van der Waals surface area contributed by atoms with E-state index in [1.807, 2.05) is 38.1 Å². The van der Waals surface area contributed by atoms with Crippen LogP contribution in [0.3, 0.4) is 0 Å². The summed E-state index contributed by atoms with van der Waals surface area (Å²) in [7, 11) is 0. The average molecular weight is 275 g/mol. The second kappa shape index (κ2) is 6.34. The molecule has 20 heavy (non-hydrogen) atoms. The van der Waals surface area contributed by atoms with Gasteiger partial charge in [-0.1, -0.05) is 18.2 Å². The van der Waals surface area contributed by atoms with Gasteiger partial charge in [0.2, 0.25) is 5.88 Å². The molecule has 0 saturated carbocycles. The maximum Gasteiger partial charge on any atom is 0.354 e. The highest BCUT2D eigenvalue weighted by Gasteiger charge is 2.14. The Morgan fingerprint density at radius 1 is 1.40 bits per heavy atom. The molecular formula is C15H17NO4. The largest absolute Gasteiger partial charge is 0.477 e. The molecule has 0 aliphatic rings. The Balaban J connectivity index is 2.37. The fourth-order valence-corrected chi connectivity index (χ4v) is 1.87. The van der Waals surface area contributed by atoms with E-state index < -0.39 is 5.97 Å². The number of carbonyl (C=O) groups is 1. The van der Waals surface area contributed by atoms with E-state index in [2.05, 4.69) is 4.98 Å². The highest BCUT2D eigenvalue weighted by Crippen LogP contribution is 2.25. The summed E-state index contributed by atoms with van der Waals surface area (Å²) in [4.78, 5) is 15.2. The number of rotatable bonds is 6. The molecule has 0 aliphatic carbocycles. The van der Waals surface area contributed by atoms with Gasteiger partial charge in [-0.25, -0.2) is 9.78 Å². The number of carboxylic acid groups (broad SMARTS) is 1. The van der Waals surface area contributed by atoms with Crippen LogP contribution in [0.15, 0.2) is 30.3 Å². The Morgan fingerprint density at radius 2 is 2.15 bits per heavy atom. The zero-order valence-electron chi connectivity index (χ0n) is 11.5. The number of hydrogen-bond acceptors (Lipinski definition) is 4. The minimum atomic E-state index is -1.07. The molecule has 1 N–H and O–H groups in total. The molecular weight excluding hydrogens is 258 g/mol. The number of fused-ring (bicyclic) bond motifs is 1. The topological polar surface area (TPSA) is 68.7 Å². The number of ether oxygens (including phenoxy) is 2. The van der Waals surface area contributed by atoms with Crippen LogP contribution in [0.5, 0.6) is 5.88 Å². The summed E-state index contributed by atoms with van der Waals surface area (Å²) in [5.74, 6) is -0.745. The first-order valence-corrected chi connectivity index (χ1v) is 6.49. The highest BCUT2D eigenvalue weighted by molar-refractivity contribution is 5.94. The maximum absolute atomic E-state index is 11.1. The molecule has 0 amide bonds. The van der Waals surface area contributed by atoms with Crippen molar-refractivity contribution in [3.8, 4) is 5.88 Å². The van der Waals surface area contributed by atoms with Crippen LogP contribution in [-0.2, 0) is 4.74 Å². The van der Waals surface area contributed by atoms with Gasteiger partial charge in [-0.15, -0.1) is 0 Å². The molecule has 1 aromatic heterocycles. The molecule has 0 radical (unpaired) electrons. The van der Waals surface area contributed by atoms with Crippen molar-refractivity contribution in [2.45, 2.75) is 20.0 Å². The van der Waals surface area contributed by atoms with Gasteiger partial charge in [0.05, 0.1) is 6.61 Å². The van der Waals surface area contributed by atoms with Gasteiger partial charge in [0.15, 0.2) is 5.69 Å². The number of aromatic carboxylic acids is 1. The monoisotopic (exact) mass is 275 g/mol. The van der Waals surface area contributed by atoms with Crippen LogP contribution >= 0.6 is 0 Å². The van der Waals surface area contributed by atoms with Crippen LogP contribution in [0.2, 0.25) is 0 Å². The van der Waals surface area contributed by atoms with Gasteiger partial charge in [0, 0.05) is 12.0 Å². The van der Waals surface area contributed by atoms with E-state index in [0.717, 1.165) is 10.8 Å². The molecule has 0 spiro atoms. The minimum absolute atomic E-state index is 0.0256. The Hall–Kier alpha value is -2.14. The van der Waals surface area contributed by atoms with E-state index in [0.29, 0.717) is 19.1 Å². The standard InChI is InChI=1S/C15H17NO4/c1-3-19-9-10(2)20-14-12-7-5-4-6-11(12)8-13(16-14)15(17)18/h4-8,10H,3,9H2,1-2H3,(H,17,18). The zero-order chi connectivity index (χ0) is 14.5. The van der Waals surface area contributed by atoms with Gasteiger partial charge < -0.3 is 14.6 Å². The van der Waals surface area contributed by atoms with Crippen LogP contribution < -0.4 is 4.74 Å². The molecule has 1 unspecified atom stereocenters. The molecule has 0 bridgehead atoms. The van der Waals surface area contributed by atoms with Crippen LogP contribution in [0.25, 0.3) is 10.8 Å². The lowest BCUT2D eigenvalue weighted by Crippen LogP contribution is -2.20. The third-order valence-corrected chi connectivity index (χ3v) is 2.79. The molecule has 5 heteroatoms. The molecule has 5 nitrogen and oxygen atoms in total. The smallest absolute Gasteiger partial charge is 0.354 e. The van der Waals surface area contributed by atoms with Crippen LogP contribution in [0, 0.1) is 0 Å². The molecule has 0 aliphatic heterocycles. The Bertz CT molecular complexity index is 612. The van der Waals surface area contributed by atoms with Crippen molar-refractivity contribution in [2.24, 2.45) is 0 Å². The first kappa shape index (κ1) is 14.3. The zero-order valence-corrected chi connectivity index (χ0v) is 11.5. The number of benzene rings is 1. The van der Waals surface area contributed by atoms with E-state index >= 15 is 0 Å². The maximum atomic E-state index is 11.1. The lowest BCUT2D eigenvalue weighted by molar-refractivity contribution is 0.0627. The van der Waals surface area contributed by atoms with Crippen LogP contribution in [-0.4, -0.2) is 35.4 Å². The summed E-state index contributed by atoms with van der Waals surface area (Å²) in [6.07, 6.45) is -0.199. The number of hydrogen-bond donors (Lipinski definition) is 1. The first-order valence-electron chi connectivity index (χ1n) is 6.49. The lowest BCUT2D eigenvalue weighted by atomic mass is 10.1. The quantitative estimate of drug-likeness (QED) is 0.877. The summed E-state index contributed by atoms with van der Waals surface area (Å²) < 4.78 is 11.0. The fourth-order valence-electron chi connectivity index (χ4n) is 1.87. The summed E-state index contributed by atoms with van der Waals surface area (Å²) >= 11 is 0. The Morgan fingerprint density at radius 3 is 2.85 bits per heavy atom. The van der Waals surface area contributed by atoms with Crippen molar-refractivity contribution in [3.63, 3.8) is 0 Å².